The summed E-state index contributed by atoms with van der Waals surface area (Å²) in [7, 11) is 0. The van der Waals surface area contributed by atoms with E-state index in [2.05, 4.69) is 4.98 Å². The highest BCUT2D eigenvalue weighted by Gasteiger charge is 2.32. The van der Waals surface area contributed by atoms with Crippen molar-refractivity contribution >= 4 is 11.5 Å². The van der Waals surface area contributed by atoms with Gasteiger partial charge in [-0.2, -0.15) is 13.2 Å². The van der Waals surface area contributed by atoms with Crippen LogP contribution in [-0.4, -0.2) is 16.1 Å². The van der Waals surface area contributed by atoms with E-state index >= 15 is 0 Å². The van der Waals surface area contributed by atoms with E-state index in [4.69, 9.17) is 5.21 Å². The molecule has 4 nitrogen and oxygen atoms in total. The highest BCUT2D eigenvalue weighted by molar-refractivity contribution is 5.77. The molecule has 1 aromatic heterocycles. The van der Waals surface area contributed by atoms with Gasteiger partial charge in [0.05, 0.1) is 0 Å². The highest BCUT2D eigenvalue weighted by atomic mass is 19.4. The van der Waals surface area contributed by atoms with Crippen LogP contribution in [0.2, 0.25) is 0 Å². The van der Waals surface area contributed by atoms with Gasteiger partial charge < -0.3 is 0 Å². The van der Waals surface area contributed by atoms with E-state index in [1.54, 1.807) is 25.1 Å². The molecule has 0 unspecified atom stereocenters. The number of pyridine rings is 1. The quantitative estimate of drug-likeness (QED) is 0.441. The standard InChI is InChI=1S/C19H18F4N2O2/c1-12-13(3-2-4-16(12)20)5-6-14(8-10-18(26)25-27)15-7-9-17(24-11-15)19(21,22)23/h2-4,6-7,9,11,27H,5,8,10H2,1H3,(H,25,26)/b14-6+. The van der Waals surface area contributed by atoms with Crippen molar-refractivity contribution in [2.75, 3.05) is 0 Å². The fourth-order valence-corrected chi connectivity index (χ4v) is 2.53. The number of halogens is 4. The van der Waals surface area contributed by atoms with Gasteiger partial charge in [-0.25, -0.2) is 9.87 Å². The maximum absolute atomic E-state index is 13.7. The molecule has 0 saturated heterocycles. The largest absolute Gasteiger partial charge is 0.433 e. The van der Waals surface area contributed by atoms with Crippen LogP contribution in [0.25, 0.3) is 5.57 Å². The summed E-state index contributed by atoms with van der Waals surface area (Å²) >= 11 is 0. The molecule has 0 radical (unpaired) electrons. The summed E-state index contributed by atoms with van der Waals surface area (Å²) in [6, 6.07) is 6.80. The molecule has 0 fully saturated rings. The van der Waals surface area contributed by atoms with Crippen molar-refractivity contribution in [3.8, 4) is 0 Å². The van der Waals surface area contributed by atoms with Gasteiger partial charge in [0, 0.05) is 12.6 Å². The number of rotatable bonds is 6. The summed E-state index contributed by atoms with van der Waals surface area (Å²) in [6.45, 7) is 1.64. The van der Waals surface area contributed by atoms with Crippen LogP contribution in [-0.2, 0) is 17.4 Å². The fourth-order valence-electron chi connectivity index (χ4n) is 2.53. The lowest BCUT2D eigenvalue weighted by Crippen LogP contribution is -2.18. The summed E-state index contributed by atoms with van der Waals surface area (Å²) < 4.78 is 51.7. The molecule has 8 heteroatoms. The molecule has 0 atom stereocenters. The number of carbonyl (C=O) groups is 1. The number of hydroxylamine groups is 1. The maximum atomic E-state index is 13.7. The molecule has 144 valence electrons. The molecule has 2 rings (SSSR count). The third-order valence-electron chi connectivity index (χ3n) is 4.12. The predicted octanol–water partition coefficient (Wildman–Crippen LogP) is 4.46. The van der Waals surface area contributed by atoms with E-state index in [0.29, 0.717) is 23.1 Å². The van der Waals surface area contributed by atoms with Crippen LogP contribution < -0.4 is 5.48 Å². The second-order valence-electron chi connectivity index (χ2n) is 5.92. The lowest BCUT2D eigenvalue weighted by molar-refractivity contribution is -0.141. The van der Waals surface area contributed by atoms with E-state index < -0.39 is 17.8 Å². The Bertz CT molecular complexity index is 831. The molecule has 0 aliphatic heterocycles. The Morgan fingerprint density at radius 1 is 1.22 bits per heavy atom. The maximum Gasteiger partial charge on any atom is 0.433 e. The molecule has 0 saturated carbocycles. The lowest BCUT2D eigenvalue weighted by Gasteiger charge is -2.11. The molecule has 2 aromatic rings. The smallest absolute Gasteiger partial charge is 0.289 e. The minimum atomic E-state index is -4.54. The molecule has 27 heavy (non-hydrogen) atoms. The third-order valence-corrected chi connectivity index (χ3v) is 4.12. The Balaban J connectivity index is 2.30. The van der Waals surface area contributed by atoms with Crippen molar-refractivity contribution in [1.29, 1.82) is 0 Å². The first kappa shape index (κ1) is 20.6. The van der Waals surface area contributed by atoms with Crippen molar-refractivity contribution in [1.82, 2.24) is 10.5 Å². The van der Waals surface area contributed by atoms with Gasteiger partial charge in [0.2, 0.25) is 5.91 Å². The molecule has 0 aliphatic carbocycles. The number of alkyl halides is 3. The number of allylic oxidation sites excluding steroid dienone is 2. The molecule has 2 N–H and O–H groups in total. The Morgan fingerprint density at radius 2 is 1.96 bits per heavy atom. The minimum Gasteiger partial charge on any atom is -0.289 e. The molecule has 0 bridgehead atoms. The van der Waals surface area contributed by atoms with Gasteiger partial charge in [0.1, 0.15) is 11.5 Å². The van der Waals surface area contributed by atoms with E-state index in [1.165, 1.54) is 17.6 Å². The molecule has 0 spiro atoms. The second-order valence-corrected chi connectivity index (χ2v) is 5.92. The number of hydrogen-bond donors (Lipinski definition) is 2. The number of carbonyl (C=O) groups excluding carboxylic acids is 1. The van der Waals surface area contributed by atoms with E-state index in [0.717, 1.165) is 17.8 Å². The summed E-state index contributed by atoms with van der Waals surface area (Å²) in [5, 5.41) is 8.62. The zero-order valence-corrected chi connectivity index (χ0v) is 14.5. The summed E-state index contributed by atoms with van der Waals surface area (Å²) in [5.74, 6) is -0.971. The Labute approximate surface area is 153 Å². The monoisotopic (exact) mass is 382 g/mol. The van der Waals surface area contributed by atoms with Crippen molar-refractivity contribution < 1.29 is 27.6 Å². The lowest BCUT2D eigenvalue weighted by atomic mass is 9.98. The van der Waals surface area contributed by atoms with Crippen LogP contribution in [0.4, 0.5) is 17.6 Å². The summed E-state index contributed by atoms with van der Waals surface area (Å²) in [6.07, 6.45) is -1.29. The topological polar surface area (TPSA) is 62.2 Å². The van der Waals surface area contributed by atoms with Gasteiger partial charge in [-0.1, -0.05) is 24.3 Å². The van der Waals surface area contributed by atoms with Crippen LogP contribution in [0.15, 0.2) is 42.6 Å². The fraction of sp³-hybridized carbons (Fsp3) is 0.263. The van der Waals surface area contributed by atoms with Crippen LogP contribution in [0, 0.1) is 12.7 Å². The molecule has 1 amide bonds. The second kappa shape index (κ2) is 8.77. The van der Waals surface area contributed by atoms with Crippen LogP contribution in [0.5, 0.6) is 0 Å². The normalized spacial score (nSPS) is 12.1. The van der Waals surface area contributed by atoms with Crippen LogP contribution in [0.1, 0.15) is 35.2 Å². The van der Waals surface area contributed by atoms with Gasteiger partial charge in [-0.3, -0.25) is 15.0 Å². The van der Waals surface area contributed by atoms with E-state index in [-0.39, 0.29) is 18.7 Å². The van der Waals surface area contributed by atoms with Crippen molar-refractivity contribution in [2.45, 2.75) is 32.4 Å². The first-order valence-electron chi connectivity index (χ1n) is 8.12. The molecular weight excluding hydrogens is 364 g/mol. The van der Waals surface area contributed by atoms with Gasteiger partial charge >= 0.3 is 6.18 Å². The molecule has 1 aromatic carbocycles. The number of hydrogen-bond acceptors (Lipinski definition) is 3. The van der Waals surface area contributed by atoms with E-state index in [9.17, 15) is 22.4 Å². The SMILES string of the molecule is Cc1c(F)cccc1C/C=C(\CCC(=O)NO)c1ccc(C(F)(F)F)nc1. The minimum absolute atomic E-state index is 0.0640. The van der Waals surface area contributed by atoms with Crippen molar-refractivity contribution in [3.63, 3.8) is 0 Å². The molecule has 1 heterocycles. The third kappa shape index (κ3) is 5.62. The van der Waals surface area contributed by atoms with Gasteiger partial charge in [-0.05, 0) is 54.2 Å². The first-order valence-corrected chi connectivity index (χ1v) is 8.12. The average Bonchev–Trinajstić information content (AvgIpc) is 2.64. The number of nitrogens with one attached hydrogen (secondary N) is 1. The first-order chi connectivity index (χ1) is 12.7. The summed E-state index contributed by atoms with van der Waals surface area (Å²) in [5.41, 5.74) is 2.69. The van der Waals surface area contributed by atoms with E-state index in [1.807, 2.05) is 0 Å². The number of amides is 1. The number of benzene rings is 1. The molecular formula is C19H18F4N2O2. The average molecular weight is 382 g/mol. The highest BCUT2D eigenvalue weighted by Crippen LogP contribution is 2.29. The Morgan fingerprint density at radius 3 is 2.56 bits per heavy atom. The Kier molecular flexibility index (Phi) is 6.68. The van der Waals surface area contributed by atoms with Crippen molar-refractivity contribution in [2.24, 2.45) is 0 Å². The van der Waals surface area contributed by atoms with Crippen LogP contribution >= 0.6 is 0 Å². The summed E-state index contributed by atoms with van der Waals surface area (Å²) in [4.78, 5) is 14.7. The number of nitrogens with zero attached hydrogens (tertiary/aromatic N) is 1. The Hall–Kier alpha value is -2.74. The zero-order chi connectivity index (χ0) is 20.0. The van der Waals surface area contributed by atoms with Gasteiger partial charge in [0.25, 0.3) is 0 Å². The predicted molar refractivity (Wildman–Crippen MR) is 91.2 cm³/mol. The van der Waals surface area contributed by atoms with Gasteiger partial charge in [-0.15, -0.1) is 0 Å². The molecule has 0 aliphatic rings. The zero-order valence-electron chi connectivity index (χ0n) is 14.5. The number of aromatic nitrogens is 1. The van der Waals surface area contributed by atoms with Crippen molar-refractivity contribution in [3.05, 3.63) is 70.8 Å². The van der Waals surface area contributed by atoms with Crippen LogP contribution in [0.3, 0.4) is 0 Å². The van der Waals surface area contributed by atoms with Gasteiger partial charge in [0.15, 0.2) is 0 Å².